The normalized spacial score (nSPS) is 11.6. The summed E-state index contributed by atoms with van der Waals surface area (Å²) in [7, 11) is 0. The summed E-state index contributed by atoms with van der Waals surface area (Å²) < 4.78 is 4.95. The maximum Gasteiger partial charge on any atom is 0.0562 e. The molecule has 0 unspecified atom stereocenters. The number of hydrogen-bond donors (Lipinski definition) is 0. The van der Waals surface area contributed by atoms with Crippen molar-refractivity contribution in [3.63, 3.8) is 0 Å². The number of aromatic nitrogens is 2. The monoisotopic (exact) mass is 712 g/mol. The van der Waals surface area contributed by atoms with Crippen LogP contribution in [0, 0.1) is 0 Å². The quantitative estimate of drug-likeness (QED) is 0.162. The highest BCUT2D eigenvalue weighted by atomic mass is 15.0. The number of fused-ring (bicyclic) bond motifs is 6. The van der Waals surface area contributed by atoms with Crippen molar-refractivity contribution >= 4 is 43.6 Å². The lowest BCUT2D eigenvalue weighted by molar-refractivity contribution is 1.17. The second-order valence-corrected chi connectivity index (χ2v) is 14.5. The van der Waals surface area contributed by atoms with Crippen LogP contribution in [-0.2, 0) is 0 Å². The van der Waals surface area contributed by atoms with Gasteiger partial charge in [0.2, 0.25) is 0 Å². The molecule has 262 valence electrons. The number of rotatable bonds is 6. The van der Waals surface area contributed by atoms with Gasteiger partial charge in [-0.3, -0.25) is 0 Å². The highest BCUT2D eigenvalue weighted by Crippen LogP contribution is 2.43. The summed E-state index contributed by atoms with van der Waals surface area (Å²) in [6.45, 7) is 0. The van der Waals surface area contributed by atoms with Gasteiger partial charge in [0.25, 0.3) is 0 Å². The molecule has 2 heterocycles. The van der Waals surface area contributed by atoms with Crippen LogP contribution in [0.15, 0.2) is 218 Å². The second kappa shape index (κ2) is 13.2. The minimum Gasteiger partial charge on any atom is -0.309 e. The van der Waals surface area contributed by atoms with Crippen molar-refractivity contribution in [2.75, 3.05) is 0 Å². The minimum atomic E-state index is 1.13. The van der Waals surface area contributed by atoms with E-state index in [4.69, 9.17) is 0 Å². The van der Waals surface area contributed by atoms with E-state index in [0.29, 0.717) is 0 Å². The lowest BCUT2D eigenvalue weighted by Gasteiger charge is -2.15. The first-order chi connectivity index (χ1) is 27.8. The van der Waals surface area contributed by atoms with Crippen molar-refractivity contribution in [1.82, 2.24) is 9.13 Å². The molecule has 0 amide bonds. The molecule has 2 nitrogen and oxygen atoms in total. The van der Waals surface area contributed by atoms with Gasteiger partial charge >= 0.3 is 0 Å². The Hall–Kier alpha value is -7.42. The Labute approximate surface area is 325 Å². The summed E-state index contributed by atoms with van der Waals surface area (Å²) in [5, 5.41) is 4.98. The number of para-hydroxylation sites is 2. The highest BCUT2D eigenvalue weighted by molar-refractivity contribution is 6.19. The molecule has 0 aliphatic heterocycles. The zero-order chi connectivity index (χ0) is 37.0. The summed E-state index contributed by atoms with van der Waals surface area (Å²) in [6, 6.07) is 79.4. The maximum absolute atomic E-state index is 2.48. The van der Waals surface area contributed by atoms with Crippen LogP contribution in [0.25, 0.3) is 99.5 Å². The summed E-state index contributed by atoms with van der Waals surface area (Å²) in [5.41, 5.74) is 16.7. The van der Waals surface area contributed by atoms with Crippen LogP contribution in [0.2, 0.25) is 0 Å². The first-order valence-corrected chi connectivity index (χ1v) is 19.3. The van der Waals surface area contributed by atoms with E-state index in [1.807, 2.05) is 0 Å². The van der Waals surface area contributed by atoms with Crippen molar-refractivity contribution in [1.29, 1.82) is 0 Å². The molecule has 0 saturated heterocycles. The molecule has 0 radical (unpaired) electrons. The molecule has 0 fully saturated rings. The Morgan fingerprint density at radius 2 is 0.679 bits per heavy atom. The Morgan fingerprint density at radius 1 is 0.250 bits per heavy atom. The third-order valence-electron chi connectivity index (χ3n) is 11.3. The largest absolute Gasteiger partial charge is 0.309 e. The molecule has 2 heteroatoms. The van der Waals surface area contributed by atoms with E-state index in [1.165, 1.54) is 93.8 Å². The van der Waals surface area contributed by atoms with Crippen LogP contribution < -0.4 is 0 Å². The van der Waals surface area contributed by atoms with Crippen LogP contribution in [0.1, 0.15) is 0 Å². The second-order valence-electron chi connectivity index (χ2n) is 14.5. The van der Waals surface area contributed by atoms with Crippen LogP contribution in [0.5, 0.6) is 0 Å². The van der Waals surface area contributed by atoms with E-state index in [2.05, 4.69) is 228 Å². The van der Waals surface area contributed by atoms with Gasteiger partial charge in [-0.25, -0.2) is 0 Å². The third-order valence-corrected chi connectivity index (χ3v) is 11.3. The fourth-order valence-corrected chi connectivity index (χ4v) is 8.82. The van der Waals surface area contributed by atoms with Gasteiger partial charge in [0.05, 0.1) is 27.8 Å². The zero-order valence-electron chi connectivity index (χ0n) is 30.7. The van der Waals surface area contributed by atoms with E-state index in [0.717, 1.165) is 5.69 Å². The molecular formula is C54H36N2. The number of hydrogen-bond acceptors (Lipinski definition) is 0. The predicted molar refractivity (Wildman–Crippen MR) is 237 cm³/mol. The zero-order valence-corrected chi connectivity index (χ0v) is 30.7. The summed E-state index contributed by atoms with van der Waals surface area (Å²) in [5.74, 6) is 0. The van der Waals surface area contributed by atoms with Gasteiger partial charge in [0.1, 0.15) is 0 Å². The Kier molecular flexibility index (Phi) is 7.53. The summed E-state index contributed by atoms with van der Waals surface area (Å²) in [4.78, 5) is 0. The maximum atomic E-state index is 2.48. The lowest BCUT2D eigenvalue weighted by atomic mass is 9.95. The summed E-state index contributed by atoms with van der Waals surface area (Å²) >= 11 is 0. The molecule has 0 aliphatic rings. The molecule has 0 saturated carbocycles. The van der Waals surface area contributed by atoms with E-state index >= 15 is 0 Å². The fraction of sp³-hybridized carbons (Fsp3) is 0. The van der Waals surface area contributed by atoms with Gasteiger partial charge in [-0.05, 0) is 99.1 Å². The van der Waals surface area contributed by atoms with E-state index in [-0.39, 0.29) is 0 Å². The van der Waals surface area contributed by atoms with Crippen LogP contribution in [-0.4, -0.2) is 9.13 Å². The molecular weight excluding hydrogens is 677 g/mol. The van der Waals surface area contributed by atoms with Crippen LogP contribution in [0.4, 0.5) is 0 Å². The summed E-state index contributed by atoms with van der Waals surface area (Å²) in [6.07, 6.45) is 0. The number of nitrogens with zero attached hydrogens (tertiary/aromatic N) is 2. The third kappa shape index (κ3) is 5.19. The molecule has 9 aromatic carbocycles. The average molecular weight is 713 g/mol. The minimum absolute atomic E-state index is 1.13. The van der Waals surface area contributed by atoms with Gasteiger partial charge < -0.3 is 9.13 Å². The van der Waals surface area contributed by atoms with Crippen molar-refractivity contribution in [2.45, 2.75) is 0 Å². The topological polar surface area (TPSA) is 9.86 Å². The van der Waals surface area contributed by atoms with Gasteiger partial charge in [0.15, 0.2) is 0 Å². The molecule has 0 aliphatic carbocycles. The molecule has 11 rings (SSSR count). The molecule has 2 aromatic heterocycles. The molecule has 11 aromatic rings. The van der Waals surface area contributed by atoms with Crippen LogP contribution in [0.3, 0.4) is 0 Å². The smallest absolute Gasteiger partial charge is 0.0562 e. The Morgan fingerprint density at radius 3 is 1.36 bits per heavy atom. The lowest BCUT2D eigenvalue weighted by Crippen LogP contribution is -1.98. The van der Waals surface area contributed by atoms with E-state index in [9.17, 15) is 0 Å². The molecule has 0 bridgehead atoms. The molecule has 56 heavy (non-hydrogen) atoms. The predicted octanol–water partition coefficient (Wildman–Crippen LogP) is 14.5. The molecule has 0 spiro atoms. The molecule has 0 N–H and O–H groups in total. The van der Waals surface area contributed by atoms with Crippen molar-refractivity contribution in [3.05, 3.63) is 218 Å². The van der Waals surface area contributed by atoms with E-state index in [1.54, 1.807) is 0 Å². The standard InChI is InChI=1S/C54H36N2/c1-4-17-37(18-5-1)40-23-14-24-41(33-40)43-34-42(38-19-6-2-7-20-38)35-44(36-43)55-48-28-12-11-26-47(48)54-51(55)31-16-32-52(54)56-49-29-13-10-25-46(49)53-45(27-15-30-50(53)56)39-21-8-3-9-22-39/h1-36H. The fourth-order valence-electron chi connectivity index (χ4n) is 8.82. The van der Waals surface area contributed by atoms with Crippen molar-refractivity contribution < 1.29 is 0 Å². The van der Waals surface area contributed by atoms with Crippen molar-refractivity contribution in [3.8, 4) is 55.9 Å². The number of benzene rings is 9. The van der Waals surface area contributed by atoms with Gasteiger partial charge in [-0.2, -0.15) is 0 Å². The first-order valence-electron chi connectivity index (χ1n) is 19.3. The first kappa shape index (κ1) is 32.0. The average Bonchev–Trinajstić information content (AvgIpc) is 3.81. The SMILES string of the molecule is c1ccc(-c2cccc(-c3cc(-c4ccccc4)cc(-n4c5ccccc5c5c(-n6c7ccccc7c7c(-c8ccccc8)cccc76)cccc54)c3)c2)cc1. The highest BCUT2D eigenvalue weighted by Gasteiger charge is 2.21. The van der Waals surface area contributed by atoms with E-state index < -0.39 is 0 Å². The van der Waals surface area contributed by atoms with Gasteiger partial charge in [-0.15, -0.1) is 0 Å². The van der Waals surface area contributed by atoms with Gasteiger partial charge in [-0.1, -0.05) is 164 Å². The Balaban J connectivity index is 1.19. The van der Waals surface area contributed by atoms with Gasteiger partial charge in [0, 0.05) is 27.2 Å². The molecule has 0 atom stereocenters. The van der Waals surface area contributed by atoms with Crippen molar-refractivity contribution in [2.24, 2.45) is 0 Å². The van der Waals surface area contributed by atoms with Crippen LogP contribution >= 0.6 is 0 Å². The Bertz CT molecular complexity index is 3220.